The summed E-state index contributed by atoms with van der Waals surface area (Å²) in [4.78, 5) is 12.9. The van der Waals surface area contributed by atoms with Gasteiger partial charge in [0.1, 0.15) is 11.4 Å². The van der Waals surface area contributed by atoms with Crippen molar-refractivity contribution >= 4 is 67.5 Å². The second-order valence-electron chi connectivity index (χ2n) is 7.96. The number of H-pyrrole nitrogens is 1. The number of carbonyl (C=O) groups is 1. The molecule has 1 saturated heterocycles. The maximum Gasteiger partial charge on any atom is 0.262 e. The first-order chi connectivity index (χ1) is 16.0. The molecule has 1 N–H and O–H groups in total. The lowest BCUT2D eigenvalue weighted by Gasteiger charge is -2.44. The predicted molar refractivity (Wildman–Crippen MR) is 136 cm³/mol. The van der Waals surface area contributed by atoms with Gasteiger partial charge in [-0.2, -0.15) is 5.10 Å². The van der Waals surface area contributed by atoms with Crippen LogP contribution in [0.4, 0.5) is 0 Å². The number of nitrogens with zero attached hydrogens (tertiary/aromatic N) is 4. The number of β-lactam (4-membered cyclic amide) rings is 1. The fraction of sp³-hybridized carbons (Fsp3) is 0.125. The molecule has 3 heterocycles. The monoisotopic (exact) mass is 537 g/mol. The Morgan fingerprint density at radius 1 is 1.00 bits per heavy atom. The number of aromatic nitrogens is 4. The number of hydrogen-bond donors (Lipinski definition) is 1. The zero-order chi connectivity index (χ0) is 22.7. The molecule has 2 aromatic heterocycles. The van der Waals surface area contributed by atoms with E-state index in [1.807, 2.05) is 48.5 Å². The van der Waals surface area contributed by atoms with Crippen LogP contribution in [0.25, 0.3) is 21.8 Å². The molecule has 5 aromatic rings. The van der Waals surface area contributed by atoms with Crippen molar-refractivity contribution in [3.8, 4) is 0 Å². The summed E-state index contributed by atoms with van der Waals surface area (Å²) in [5, 5.41) is 10.6. The predicted octanol–water partition coefficient (Wildman–Crippen LogP) is 5.69. The van der Waals surface area contributed by atoms with Gasteiger partial charge in [0.2, 0.25) is 4.77 Å². The Morgan fingerprint density at radius 2 is 1.67 bits per heavy atom. The van der Waals surface area contributed by atoms with E-state index in [4.69, 9.17) is 23.8 Å². The summed E-state index contributed by atoms with van der Waals surface area (Å²) in [5.41, 5.74) is 3.11. The van der Waals surface area contributed by atoms with Crippen LogP contribution < -0.4 is 5.01 Å². The number of carbonyl (C=O) groups excluding carboxylic acids is 1. The number of hydrogen-bond acceptors (Lipinski definition) is 3. The SMILES string of the molecule is O=C1C(Cl)C(c2cccc(Br)c2)N1n1c(Cn2c3ccccc3c3ccccc32)n[nH]c1=S. The molecule has 33 heavy (non-hydrogen) atoms. The first kappa shape index (κ1) is 20.7. The van der Waals surface area contributed by atoms with Crippen LogP contribution >= 0.6 is 39.7 Å². The number of benzene rings is 3. The molecule has 0 bridgehead atoms. The van der Waals surface area contributed by atoms with Gasteiger partial charge in [-0.15, -0.1) is 11.6 Å². The highest BCUT2D eigenvalue weighted by Crippen LogP contribution is 2.38. The van der Waals surface area contributed by atoms with Crippen LogP contribution in [-0.2, 0) is 11.3 Å². The molecule has 2 unspecified atom stereocenters. The van der Waals surface area contributed by atoms with E-state index in [1.54, 1.807) is 9.69 Å². The smallest absolute Gasteiger partial charge is 0.262 e. The molecule has 1 aliphatic rings. The molecule has 6 nitrogen and oxygen atoms in total. The van der Waals surface area contributed by atoms with Crippen LogP contribution in [0.5, 0.6) is 0 Å². The Labute approximate surface area is 207 Å². The van der Waals surface area contributed by atoms with Crippen molar-refractivity contribution < 1.29 is 4.79 Å². The molecular weight excluding hydrogens is 522 g/mol. The number of rotatable bonds is 4. The summed E-state index contributed by atoms with van der Waals surface area (Å²) in [6, 6.07) is 24.0. The Morgan fingerprint density at radius 3 is 2.33 bits per heavy atom. The third kappa shape index (κ3) is 3.16. The van der Waals surface area contributed by atoms with E-state index in [0.717, 1.165) is 21.1 Å². The van der Waals surface area contributed by atoms with Gasteiger partial charge in [0.05, 0.1) is 6.54 Å². The Bertz CT molecular complexity index is 1550. The highest BCUT2D eigenvalue weighted by Gasteiger charge is 2.49. The van der Waals surface area contributed by atoms with Gasteiger partial charge in [-0.3, -0.25) is 9.89 Å². The van der Waals surface area contributed by atoms with Crippen molar-refractivity contribution in [1.29, 1.82) is 0 Å². The van der Waals surface area contributed by atoms with Crippen LogP contribution in [0.15, 0.2) is 77.3 Å². The van der Waals surface area contributed by atoms with E-state index in [-0.39, 0.29) is 11.9 Å². The van der Waals surface area contributed by atoms with Crippen LogP contribution in [0.1, 0.15) is 17.4 Å². The molecule has 3 aromatic carbocycles. The molecule has 2 atom stereocenters. The van der Waals surface area contributed by atoms with Crippen molar-refractivity contribution in [2.45, 2.75) is 18.0 Å². The molecule has 6 rings (SSSR count). The normalized spacial score (nSPS) is 18.2. The molecule has 1 fully saturated rings. The summed E-state index contributed by atoms with van der Waals surface area (Å²) in [5.74, 6) is 0.422. The van der Waals surface area contributed by atoms with Gasteiger partial charge in [0.25, 0.3) is 5.91 Å². The summed E-state index contributed by atoms with van der Waals surface area (Å²) < 4.78 is 5.15. The minimum atomic E-state index is -0.669. The van der Waals surface area contributed by atoms with Crippen molar-refractivity contribution in [2.75, 3.05) is 5.01 Å². The zero-order valence-corrected chi connectivity index (χ0v) is 20.3. The second kappa shape index (κ2) is 7.83. The molecule has 0 radical (unpaired) electrons. The minimum absolute atomic E-state index is 0.206. The molecule has 164 valence electrons. The van der Waals surface area contributed by atoms with E-state index in [2.05, 4.69) is 55.0 Å². The average Bonchev–Trinajstić information content (AvgIpc) is 3.35. The van der Waals surface area contributed by atoms with Crippen molar-refractivity contribution in [3.63, 3.8) is 0 Å². The van der Waals surface area contributed by atoms with E-state index in [9.17, 15) is 4.79 Å². The van der Waals surface area contributed by atoms with Gasteiger partial charge in [-0.1, -0.05) is 64.5 Å². The zero-order valence-electron chi connectivity index (χ0n) is 17.2. The van der Waals surface area contributed by atoms with E-state index >= 15 is 0 Å². The van der Waals surface area contributed by atoms with E-state index in [0.29, 0.717) is 17.1 Å². The highest BCUT2D eigenvalue weighted by molar-refractivity contribution is 9.10. The van der Waals surface area contributed by atoms with E-state index in [1.165, 1.54) is 10.8 Å². The number of para-hydroxylation sites is 2. The van der Waals surface area contributed by atoms with Crippen LogP contribution in [0.3, 0.4) is 0 Å². The van der Waals surface area contributed by atoms with E-state index < -0.39 is 5.38 Å². The molecule has 0 saturated carbocycles. The first-order valence-electron chi connectivity index (χ1n) is 10.4. The number of fused-ring (bicyclic) bond motifs is 3. The van der Waals surface area contributed by atoms with Gasteiger partial charge in [0, 0.05) is 26.3 Å². The number of aromatic amines is 1. The fourth-order valence-corrected chi connectivity index (χ4v) is 5.64. The number of halogens is 2. The second-order valence-corrected chi connectivity index (χ2v) is 9.73. The minimum Gasteiger partial charge on any atom is -0.333 e. The molecular formula is C24H17BrClN5OS. The number of nitrogens with one attached hydrogen (secondary N) is 1. The Hall–Kier alpha value is -2.94. The molecule has 1 amide bonds. The fourth-order valence-electron chi connectivity index (χ4n) is 4.63. The van der Waals surface area contributed by atoms with Crippen LogP contribution in [-0.4, -0.2) is 30.7 Å². The first-order valence-corrected chi connectivity index (χ1v) is 12.0. The number of amides is 1. The van der Waals surface area contributed by atoms with Gasteiger partial charge >= 0.3 is 0 Å². The van der Waals surface area contributed by atoms with Gasteiger partial charge in [-0.25, -0.2) is 9.69 Å². The standard InChI is InChI=1S/C24H17BrClN5OS/c25-15-7-5-6-14(12-15)22-21(26)23(32)31(22)30-20(27-28-24(30)33)13-29-18-10-3-1-8-16(18)17-9-2-4-11-19(17)29/h1-12,21-22H,13H2,(H,28,33). The van der Waals surface area contributed by atoms with Crippen LogP contribution in [0.2, 0.25) is 0 Å². The molecule has 0 spiro atoms. The maximum absolute atomic E-state index is 12.9. The lowest BCUT2D eigenvalue weighted by molar-refractivity contribution is -0.126. The maximum atomic E-state index is 12.9. The lowest BCUT2D eigenvalue weighted by atomic mass is 9.95. The van der Waals surface area contributed by atoms with Crippen molar-refractivity contribution in [1.82, 2.24) is 19.4 Å². The third-order valence-corrected chi connectivity index (χ3v) is 7.29. The summed E-state index contributed by atoms with van der Waals surface area (Å²) in [7, 11) is 0. The molecule has 0 aliphatic carbocycles. The lowest BCUT2D eigenvalue weighted by Crippen LogP contribution is -2.62. The summed E-state index contributed by atoms with van der Waals surface area (Å²) in [6.07, 6.45) is 0. The van der Waals surface area contributed by atoms with Crippen LogP contribution in [0, 0.1) is 4.77 Å². The number of alkyl halides is 1. The molecule has 9 heteroatoms. The van der Waals surface area contributed by atoms with Gasteiger partial charge in [0.15, 0.2) is 5.82 Å². The summed E-state index contributed by atoms with van der Waals surface area (Å²) in [6.45, 7) is 0.434. The third-order valence-electron chi connectivity index (χ3n) is 6.10. The summed E-state index contributed by atoms with van der Waals surface area (Å²) >= 11 is 15.5. The van der Waals surface area contributed by atoms with Gasteiger partial charge < -0.3 is 4.57 Å². The van der Waals surface area contributed by atoms with Crippen molar-refractivity contribution in [2.24, 2.45) is 0 Å². The largest absolute Gasteiger partial charge is 0.333 e. The molecule has 1 aliphatic heterocycles. The quantitative estimate of drug-likeness (QED) is 0.182. The highest BCUT2D eigenvalue weighted by atomic mass is 79.9. The topological polar surface area (TPSA) is 58.9 Å². The Balaban J connectivity index is 1.48. The van der Waals surface area contributed by atoms with Gasteiger partial charge in [-0.05, 0) is 42.0 Å². The average molecular weight is 539 g/mol. The Kier molecular flexibility index (Phi) is 4.90. The van der Waals surface area contributed by atoms with Crippen molar-refractivity contribution in [3.05, 3.63) is 93.4 Å².